The number of aliphatic hydroxyl groups excluding tert-OH is 1. The lowest BCUT2D eigenvalue weighted by Gasteiger charge is -2.38. The van der Waals surface area contributed by atoms with Gasteiger partial charge in [-0.1, -0.05) is 6.92 Å². The molecule has 1 heterocycles. The van der Waals surface area contributed by atoms with Crippen LogP contribution in [0.4, 0.5) is 33.7 Å². The van der Waals surface area contributed by atoms with Crippen molar-refractivity contribution in [2.45, 2.75) is 37.1 Å². The highest BCUT2D eigenvalue weighted by Gasteiger charge is 2.35. The fourth-order valence-corrected chi connectivity index (χ4v) is 5.88. The summed E-state index contributed by atoms with van der Waals surface area (Å²) in [6, 6.07) is 11.1. The highest BCUT2D eigenvalue weighted by atomic mass is 32.2. The smallest absolute Gasteiger partial charge is 0.416 e. The van der Waals surface area contributed by atoms with E-state index in [0.717, 1.165) is 52.8 Å². The molecule has 0 aliphatic carbocycles. The Morgan fingerprint density at radius 1 is 1.07 bits per heavy atom. The molecule has 0 fully saturated rings. The lowest BCUT2D eigenvalue weighted by atomic mass is 9.99. The standard InChI is InChI=1S/C30H32F4N4O6S/c1-18-15-38(19(2)17-39)28(40)25-14-23(36-29(41)35-22-8-4-20(5-9-22)30(32,33)34)10-13-26(25)44-27(18)16-37(3)45(42,43)24-11-6-21(31)7-12-24/h4-14,18-19,27,39H,15-17H2,1-3H3,(H2,35,36,41)/t18-,19+,27+/m1/s1. The molecule has 10 nitrogen and oxygen atoms in total. The molecule has 0 spiro atoms. The zero-order valence-corrected chi connectivity index (χ0v) is 25.3. The molecule has 3 amide bonds. The molecule has 0 saturated heterocycles. The number of carbonyl (C=O) groups is 2. The Balaban J connectivity index is 1.58. The van der Waals surface area contributed by atoms with E-state index in [0.29, 0.717) is 0 Å². The van der Waals surface area contributed by atoms with Crippen molar-refractivity contribution in [1.29, 1.82) is 0 Å². The number of sulfonamides is 1. The molecule has 45 heavy (non-hydrogen) atoms. The van der Waals surface area contributed by atoms with Crippen LogP contribution in [0.2, 0.25) is 0 Å². The van der Waals surface area contributed by atoms with E-state index >= 15 is 0 Å². The summed E-state index contributed by atoms with van der Waals surface area (Å²) in [5.41, 5.74) is -0.579. The van der Waals surface area contributed by atoms with E-state index in [2.05, 4.69) is 10.6 Å². The number of nitrogens with zero attached hydrogens (tertiary/aromatic N) is 2. The molecule has 1 aliphatic heterocycles. The van der Waals surface area contributed by atoms with E-state index in [4.69, 9.17) is 4.74 Å². The summed E-state index contributed by atoms with van der Waals surface area (Å²) >= 11 is 0. The molecule has 0 aromatic heterocycles. The number of anilines is 2. The number of likely N-dealkylation sites (N-methyl/N-ethyl adjacent to an activating group) is 1. The summed E-state index contributed by atoms with van der Waals surface area (Å²) in [6.45, 7) is 3.03. The number of fused-ring (bicyclic) bond motifs is 1. The van der Waals surface area contributed by atoms with Gasteiger partial charge in [-0.05, 0) is 73.7 Å². The number of ether oxygens (including phenoxy) is 1. The van der Waals surface area contributed by atoms with Gasteiger partial charge in [0.2, 0.25) is 10.0 Å². The molecular formula is C30H32F4N4O6S. The van der Waals surface area contributed by atoms with Gasteiger partial charge in [-0.15, -0.1) is 0 Å². The van der Waals surface area contributed by atoms with E-state index in [1.54, 1.807) is 13.8 Å². The van der Waals surface area contributed by atoms with Crippen LogP contribution in [0.25, 0.3) is 0 Å². The molecule has 0 radical (unpaired) electrons. The van der Waals surface area contributed by atoms with E-state index in [-0.39, 0.29) is 47.3 Å². The number of benzene rings is 3. The van der Waals surface area contributed by atoms with Gasteiger partial charge < -0.3 is 25.4 Å². The van der Waals surface area contributed by atoms with Crippen LogP contribution in [-0.2, 0) is 16.2 Å². The maximum absolute atomic E-state index is 13.7. The van der Waals surface area contributed by atoms with Gasteiger partial charge in [-0.2, -0.15) is 17.5 Å². The van der Waals surface area contributed by atoms with Crippen LogP contribution in [0, 0.1) is 11.7 Å². The minimum atomic E-state index is -4.53. The first-order valence-electron chi connectivity index (χ1n) is 13.8. The minimum Gasteiger partial charge on any atom is -0.488 e. The SMILES string of the molecule is C[C@@H]1CN([C@@H](C)CO)C(=O)c2cc(NC(=O)Nc3ccc(C(F)(F)F)cc3)ccc2O[C@H]1CN(C)S(=O)(=O)c1ccc(F)cc1. The van der Waals surface area contributed by atoms with Gasteiger partial charge in [0.1, 0.15) is 17.7 Å². The molecule has 3 aromatic rings. The van der Waals surface area contributed by atoms with Gasteiger partial charge >= 0.3 is 12.2 Å². The van der Waals surface area contributed by atoms with Crippen molar-refractivity contribution in [2.75, 3.05) is 37.4 Å². The lowest BCUT2D eigenvalue weighted by molar-refractivity contribution is -0.137. The molecular weight excluding hydrogens is 620 g/mol. The summed E-state index contributed by atoms with van der Waals surface area (Å²) in [5.74, 6) is -1.39. The number of hydrogen-bond donors (Lipinski definition) is 3. The molecule has 3 atom stereocenters. The van der Waals surface area contributed by atoms with Crippen molar-refractivity contribution in [2.24, 2.45) is 5.92 Å². The average Bonchev–Trinajstić information content (AvgIpc) is 2.98. The van der Waals surface area contributed by atoms with Crippen molar-refractivity contribution in [3.8, 4) is 5.75 Å². The highest BCUT2D eigenvalue weighted by molar-refractivity contribution is 7.89. The summed E-state index contributed by atoms with van der Waals surface area (Å²) in [4.78, 5) is 27.6. The van der Waals surface area contributed by atoms with Crippen LogP contribution >= 0.6 is 0 Å². The maximum Gasteiger partial charge on any atom is 0.416 e. The fraction of sp³-hybridized carbons (Fsp3) is 0.333. The third-order valence-corrected chi connectivity index (χ3v) is 9.19. The topological polar surface area (TPSA) is 128 Å². The van der Waals surface area contributed by atoms with Gasteiger partial charge in [0.05, 0.1) is 35.2 Å². The van der Waals surface area contributed by atoms with Crippen LogP contribution in [0.1, 0.15) is 29.8 Å². The number of alkyl halides is 3. The van der Waals surface area contributed by atoms with Crippen LogP contribution in [0.5, 0.6) is 5.75 Å². The van der Waals surface area contributed by atoms with E-state index in [1.807, 2.05) is 0 Å². The molecule has 0 saturated carbocycles. The lowest BCUT2D eigenvalue weighted by Crippen LogP contribution is -2.50. The van der Waals surface area contributed by atoms with Gasteiger partial charge in [0.25, 0.3) is 5.91 Å². The van der Waals surface area contributed by atoms with Crippen molar-refractivity contribution >= 4 is 33.3 Å². The maximum atomic E-state index is 13.7. The molecule has 0 unspecified atom stereocenters. The third kappa shape index (κ3) is 7.90. The molecule has 4 rings (SSSR count). The number of rotatable bonds is 8. The van der Waals surface area contributed by atoms with Gasteiger partial charge in [-0.25, -0.2) is 17.6 Å². The number of amides is 3. The predicted molar refractivity (Wildman–Crippen MR) is 158 cm³/mol. The Kier molecular flexibility index (Phi) is 10.0. The van der Waals surface area contributed by atoms with Crippen LogP contribution < -0.4 is 15.4 Å². The number of hydrogen-bond acceptors (Lipinski definition) is 6. The van der Waals surface area contributed by atoms with E-state index in [1.165, 1.54) is 30.1 Å². The van der Waals surface area contributed by atoms with Gasteiger partial charge in [0, 0.05) is 30.9 Å². The molecule has 242 valence electrons. The molecule has 1 aliphatic rings. The van der Waals surface area contributed by atoms with Crippen molar-refractivity contribution < 1.29 is 45.4 Å². The Morgan fingerprint density at radius 3 is 2.27 bits per heavy atom. The normalized spacial score (nSPS) is 18.0. The number of aliphatic hydroxyl groups is 1. The Hall–Kier alpha value is -4.21. The fourth-order valence-electron chi connectivity index (χ4n) is 4.69. The molecule has 15 heteroatoms. The van der Waals surface area contributed by atoms with Crippen molar-refractivity contribution in [1.82, 2.24) is 9.21 Å². The second-order valence-electron chi connectivity index (χ2n) is 10.7. The van der Waals surface area contributed by atoms with Gasteiger partial charge in [0.15, 0.2) is 0 Å². The zero-order valence-electron chi connectivity index (χ0n) is 24.5. The zero-order chi connectivity index (χ0) is 33.1. The quantitative estimate of drug-likeness (QED) is 0.293. The minimum absolute atomic E-state index is 0.0311. The Morgan fingerprint density at radius 2 is 1.67 bits per heavy atom. The van der Waals surface area contributed by atoms with Crippen LogP contribution in [0.15, 0.2) is 71.6 Å². The second-order valence-corrected chi connectivity index (χ2v) is 12.8. The second kappa shape index (κ2) is 13.4. The number of halogens is 4. The number of nitrogens with one attached hydrogen (secondary N) is 2. The van der Waals surface area contributed by atoms with Crippen LogP contribution in [0.3, 0.4) is 0 Å². The van der Waals surface area contributed by atoms with Crippen LogP contribution in [-0.4, -0.2) is 73.6 Å². The first kappa shape index (κ1) is 33.7. The number of carbonyl (C=O) groups excluding carboxylic acids is 2. The molecule has 0 bridgehead atoms. The van der Waals surface area contributed by atoms with Crippen molar-refractivity contribution in [3.05, 3.63) is 83.7 Å². The average molecular weight is 653 g/mol. The van der Waals surface area contributed by atoms with E-state index in [9.17, 15) is 40.7 Å². The monoisotopic (exact) mass is 652 g/mol. The summed E-state index contributed by atoms with van der Waals surface area (Å²) in [5, 5.41) is 14.8. The van der Waals surface area contributed by atoms with E-state index < -0.39 is 57.6 Å². The van der Waals surface area contributed by atoms with Crippen molar-refractivity contribution in [3.63, 3.8) is 0 Å². The van der Waals surface area contributed by atoms with Gasteiger partial charge in [-0.3, -0.25) is 4.79 Å². The Bertz CT molecular complexity index is 1640. The number of urea groups is 1. The largest absolute Gasteiger partial charge is 0.488 e. The summed E-state index contributed by atoms with van der Waals surface area (Å²) in [6.07, 6.45) is -5.30. The highest BCUT2D eigenvalue weighted by Crippen LogP contribution is 2.32. The summed E-state index contributed by atoms with van der Waals surface area (Å²) < 4.78 is 85.6. The predicted octanol–water partition coefficient (Wildman–Crippen LogP) is 5.03. The summed E-state index contributed by atoms with van der Waals surface area (Å²) in [7, 11) is -2.66. The first-order valence-corrected chi connectivity index (χ1v) is 15.2. The Labute approximate surface area is 257 Å². The molecule has 3 N–H and O–H groups in total. The molecule has 3 aromatic carbocycles. The third-order valence-electron chi connectivity index (χ3n) is 7.35. The first-order chi connectivity index (χ1) is 21.1.